The smallest absolute Gasteiger partial charge is 0.273 e. The minimum Gasteiger partial charge on any atom is -0.324 e. The number of nitrogens with zero attached hydrogens (tertiary/aromatic N) is 1. The number of allylic oxidation sites excluding steroid dienone is 1. The molecule has 1 aliphatic carbocycles. The molecule has 6 heteroatoms. The summed E-state index contributed by atoms with van der Waals surface area (Å²) in [5.74, 6) is -0.322. The number of alkyl halides is 2. The fourth-order valence-electron chi connectivity index (χ4n) is 3.06. The van der Waals surface area contributed by atoms with E-state index in [1.807, 2.05) is 0 Å². The molecule has 0 bridgehead atoms. The Balaban J connectivity index is 1.87. The number of carbonyl (C=O) groups excluding carboxylic acids is 2. The summed E-state index contributed by atoms with van der Waals surface area (Å²) >= 11 is 0.921. The molecule has 1 atom stereocenters. The molecule has 2 aliphatic rings. The number of hydrogen-bond donors (Lipinski definition) is 0. The Morgan fingerprint density at radius 1 is 1.38 bits per heavy atom. The van der Waals surface area contributed by atoms with Crippen LogP contribution >= 0.6 is 11.3 Å². The van der Waals surface area contributed by atoms with Crippen molar-refractivity contribution in [3.63, 3.8) is 0 Å². The lowest BCUT2D eigenvalue weighted by Gasteiger charge is -2.25. The summed E-state index contributed by atoms with van der Waals surface area (Å²) in [6.07, 6.45) is -0.123. The van der Waals surface area contributed by atoms with Gasteiger partial charge in [-0.3, -0.25) is 9.59 Å². The van der Waals surface area contributed by atoms with Gasteiger partial charge in [-0.2, -0.15) is 0 Å². The van der Waals surface area contributed by atoms with Gasteiger partial charge < -0.3 is 4.90 Å². The van der Waals surface area contributed by atoms with Crippen molar-refractivity contribution in [1.82, 2.24) is 4.90 Å². The molecule has 112 valence electrons. The fourth-order valence-corrected chi connectivity index (χ4v) is 3.97. The molecular formula is C15H15F2NO2S. The van der Waals surface area contributed by atoms with E-state index in [4.69, 9.17) is 0 Å². The molecule has 3 rings (SSSR count). The summed E-state index contributed by atoms with van der Waals surface area (Å²) in [4.78, 5) is 26.0. The Morgan fingerprint density at radius 3 is 2.86 bits per heavy atom. The molecule has 0 spiro atoms. The summed E-state index contributed by atoms with van der Waals surface area (Å²) in [6.45, 7) is 3.97. The normalized spacial score (nSPS) is 22.9. The zero-order valence-electron chi connectivity index (χ0n) is 11.4. The molecule has 21 heavy (non-hydrogen) atoms. The maximum absolute atomic E-state index is 12.9. The molecule has 1 aromatic rings. The highest BCUT2D eigenvalue weighted by molar-refractivity contribution is 7.10. The molecular weight excluding hydrogens is 296 g/mol. The molecule has 2 heterocycles. The number of amides is 1. The maximum atomic E-state index is 12.9. The quantitative estimate of drug-likeness (QED) is 0.617. The monoisotopic (exact) mass is 311 g/mol. The minimum absolute atomic E-state index is 0.0294. The first-order valence-electron chi connectivity index (χ1n) is 6.87. The second-order valence-corrected chi connectivity index (χ2v) is 6.44. The molecule has 1 unspecified atom stereocenters. The molecule has 0 aromatic carbocycles. The van der Waals surface area contributed by atoms with E-state index >= 15 is 0 Å². The largest absolute Gasteiger partial charge is 0.324 e. The van der Waals surface area contributed by atoms with Crippen molar-refractivity contribution in [1.29, 1.82) is 0 Å². The van der Waals surface area contributed by atoms with Gasteiger partial charge in [0.2, 0.25) is 0 Å². The highest BCUT2D eigenvalue weighted by Crippen LogP contribution is 2.38. The predicted molar refractivity (Wildman–Crippen MR) is 75.6 cm³/mol. The Morgan fingerprint density at radius 2 is 2.14 bits per heavy atom. The van der Waals surface area contributed by atoms with Crippen molar-refractivity contribution in [3.05, 3.63) is 33.5 Å². The summed E-state index contributed by atoms with van der Waals surface area (Å²) in [7, 11) is 0. The lowest BCUT2D eigenvalue weighted by atomic mass is 10.1. The van der Waals surface area contributed by atoms with E-state index in [2.05, 4.69) is 6.58 Å². The van der Waals surface area contributed by atoms with E-state index in [-0.39, 0.29) is 29.5 Å². The topological polar surface area (TPSA) is 37.4 Å². The van der Waals surface area contributed by atoms with Gasteiger partial charge in [-0.25, -0.2) is 8.78 Å². The van der Waals surface area contributed by atoms with Crippen molar-refractivity contribution in [2.24, 2.45) is 0 Å². The van der Waals surface area contributed by atoms with Crippen LogP contribution in [0.4, 0.5) is 8.78 Å². The lowest BCUT2D eigenvalue weighted by Crippen LogP contribution is -2.40. The average Bonchev–Trinajstić information content (AvgIpc) is 2.90. The highest BCUT2D eigenvalue weighted by Gasteiger charge is 2.39. The van der Waals surface area contributed by atoms with Gasteiger partial charge >= 0.3 is 0 Å². The van der Waals surface area contributed by atoms with Gasteiger partial charge in [-0.15, -0.1) is 11.3 Å². The van der Waals surface area contributed by atoms with Crippen LogP contribution in [0.2, 0.25) is 0 Å². The Hall–Kier alpha value is -1.56. The van der Waals surface area contributed by atoms with Gasteiger partial charge in [0, 0.05) is 23.9 Å². The van der Waals surface area contributed by atoms with Crippen molar-refractivity contribution in [3.8, 4) is 0 Å². The van der Waals surface area contributed by atoms with Crippen LogP contribution in [0.15, 0.2) is 17.5 Å². The van der Waals surface area contributed by atoms with Gasteiger partial charge in [0.1, 0.15) is 0 Å². The molecule has 1 aliphatic heterocycles. The van der Waals surface area contributed by atoms with E-state index in [0.29, 0.717) is 17.5 Å². The molecule has 3 nitrogen and oxygen atoms in total. The second kappa shape index (κ2) is 5.33. The van der Waals surface area contributed by atoms with Crippen molar-refractivity contribution >= 4 is 23.0 Å². The first-order valence-corrected chi connectivity index (χ1v) is 7.75. The predicted octanol–water partition coefficient (Wildman–Crippen LogP) is 3.71. The van der Waals surface area contributed by atoms with Crippen molar-refractivity contribution < 1.29 is 18.4 Å². The van der Waals surface area contributed by atoms with Crippen LogP contribution in [0.1, 0.15) is 52.9 Å². The number of ketones is 1. The van der Waals surface area contributed by atoms with Gasteiger partial charge in [0.25, 0.3) is 12.3 Å². The van der Waals surface area contributed by atoms with Crippen LogP contribution in [-0.2, 0) is 11.3 Å². The van der Waals surface area contributed by atoms with Gasteiger partial charge in [0.05, 0.1) is 16.5 Å². The Kier molecular flexibility index (Phi) is 3.65. The molecule has 1 fully saturated rings. The maximum Gasteiger partial charge on any atom is 0.273 e. The van der Waals surface area contributed by atoms with Crippen molar-refractivity contribution in [2.45, 2.75) is 44.7 Å². The van der Waals surface area contributed by atoms with Gasteiger partial charge in [-0.1, -0.05) is 12.2 Å². The average molecular weight is 311 g/mol. The third kappa shape index (κ3) is 2.41. The summed E-state index contributed by atoms with van der Waals surface area (Å²) in [5.41, 5.74) is 1.62. The highest BCUT2D eigenvalue weighted by atomic mass is 32.1. The zero-order chi connectivity index (χ0) is 15.1. The molecule has 0 saturated heterocycles. The molecule has 1 aromatic heterocycles. The summed E-state index contributed by atoms with van der Waals surface area (Å²) in [6, 6.07) is -0.500. The van der Waals surface area contributed by atoms with Gasteiger partial charge in [0.15, 0.2) is 5.78 Å². The third-order valence-corrected chi connectivity index (χ3v) is 5.16. The van der Waals surface area contributed by atoms with E-state index in [9.17, 15) is 18.4 Å². The number of hydrogen-bond acceptors (Lipinski definition) is 3. The molecule has 0 N–H and O–H groups in total. The molecule has 1 amide bonds. The van der Waals surface area contributed by atoms with E-state index < -0.39 is 12.5 Å². The summed E-state index contributed by atoms with van der Waals surface area (Å²) < 4.78 is 25.9. The third-order valence-electron chi connectivity index (χ3n) is 4.12. The minimum atomic E-state index is -2.57. The SMILES string of the molecule is C=C1CCCC(N2Cc3c(csc3C(F)F)C2=O)C(=O)C1. The molecule has 0 radical (unpaired) electrons. The Bertz CT molecular complexity index is 623. The van der Waals surface area contributed by atoms with Crippen LogP contribution in [-0.4, -0.2) is 22.6 Å². The second-order valence-electron chi connectivity index (χ2n) is 5.53. The number of carbonyl (C=O) groups is 2. The zero-order valence-corrected chi connectivity index (χ0v) is 12.2. The number of thiophene rings is 1. The number of halogens is 2. The first-order chi connectivity index (χ1) is 9.99. The van der Waals surface area contributed by atoms with Crippen LogP contribution in [0, 0.1) is 0 Å². The van der Waals surface area contributed by atoms with Crippen LogP contribution in [0.25, 0.3) is 0 Å². The first kappa shape index (κ1) is 14.4. The number of fused-ring (bicyclic) bond motifs is 1. The number of Topliss-reactive ketones (excluding diaryl/α,β-unsaturated/α-hetero) is 1. The van der Waals surface area contributed by atoms with Crippen LogP contribution < -0.4 is 0 Å². The van der Waals surface area contributed by atoms with Crippen molar-refractivity contribution in [2.75, 3.05) is 0 Å². The van der Waals surface area contributed by atoms with Crippen LogP contribution in [0.3, 0.4) is 0 Å². The van der Waals surface area contributed by atoms with Crippen LogP contribution in [0.5, 0.6) is 0 Å². The fraction of sp³-hybridized carbons (Fsp3) is 0.467. The number of rotatable bonds is 2. The lowest BCUT2D eigenvalue weighted by molar-refractivity contribution is -0.122. The standard InChI is InChI=1S/C15H15F2NO2S/c1-8-3-2-4-11(12(19)5-8)18-6-9-10(15(18)20)7-21-13(9)14(16)17/h7,11,14H,1-6H2. The van der Waals surface area contributed by atoms with E-state index in [0.717, 1.165) is 29.8 Å². The van der Waals surface area contributed by atoms with E-state index in [1.54, 1.807) is 0 Å². The van der Waals surface area contributed by atoms with Gasteiger partial charge in [-0.05, 0) is 19.3 Å². The van der Waals surface area contributed by atoms with E-state index in [1.165, 1.54) is 10.3 Å². The Labute approximate surface area is 125 Å². The summed E-state index contributed by atoms with van der Waals surface area (Å²) in [5, 5.41) is 1.49. The molecule has 1 saturated carbocycles.